The average molecular weight is 303 g/mol. The summed E-state index contributed by atoms with van der Waals surface area (Å²) in [5, 5.41) is 9.04. The van der Waals surface area contributed by atoms with Crippen molar-refractivity contribution in [3.05, 3.63) is 24.0 Å². The fourth-order valence-corrected chi connectivity index (χ4v) is 3.58. The van der Waals surface area contributed by atoms with E-state index in [9.17, 15) is 9.59 Å². The molecule has 0 bridgehead atoms. The van der Waals surface area contributed by atoms with Crippen molar-refractivity contribution in [2.24, 2.45) is 5.41 Å². The fourth-order valence-electron chi connectivity index (χ4n) is 3.58. The molecule has 0 aromatic carbocycles. The monoisotopic (exact) mass is 303 g/mol. The Bertz CT molecular complexity index is 594. The van der Waals surface area contributed by atoms with Crippen molar-refractivity contribution in [2.45, 2.75) is 26.2 Å². The highest BCUT2D eigenvalue weighted by Crippen LogP contribution is 2.41. The predicted octanol–water partition coefficient (Wildman–Crippen LogP) is 1.62. The number of carbonyl (C=O) groups is 2. The first-order valence-corrected chi connectivity index (χ1v) is 7.75. The van der Waals surface area contributed by atoms with Crippen LogP contribution in [0.2, 0.25) is 0 Å². The van der Waals surface area contributed by atoms with E-state index in [0.29, 0.717) is 6.42 Å². The maximum absolute atomic E-state index is 12.0. The molecule has 2 aliphatic rings. The van der Waals surface area contributed by atoms with E-state index < -0.39 is 5.97 Å². The van der Waals surface area contributed by atoms with Crippen molar-refractivity contribution in [1.82, 2.24) is 9.88 Å². The van der Waals surface area contributed by atoms with E-state index in [0.717, 1.165) is 44.7 Å². The van der Waals surface area contributed by atoms with Crippen molar-refractivity contribution >= 4 is 17.6 Å². The highest BCUT2D eigenvalue weighted by molar-refractivity contribution is 5.86. The summed E-state index contributed by atoms with van der Waals surface area (Å²) in [6.45, 7) is 5.39. The maximum Gasteiger partial charge on any atom is 0.354 e. The first-order chi connectivity index (χ1) is 10.5. The lowest BCUT2D eigenvalue weighted by atomic mass is 9.77. The van der Waals surface area contributed by atoms with Crippen LogP contribution >= 0.6 is 0 Å². The van der Waals surface area contributed by atoms with Gasteiger partial charge in [-0.05, 0) is 31.9 Å². The number of piperidine rings is 1. The highest BCUT2D eigenvalue weighted by Gasteiger charge is 2.44. The summed E-state index contributed by atoms with van der Waals surface area (Å²) in [4.78, 5) is 31.0. The van der Waals surface area contributed by atoms with Gasteiger partial charge in [0.15, 0.2) is 0 Å². The Morgan fingerprint density at radius 3 is 2.73 bits per heavy atom. The van der Waals surface area contributed by atoms with E-state index in [1.54, 1.807) is 12.3 Å². The molecular weight excluding hydrogens is 282 g/mol. The van der Waals surface area contributed by atoms with Gasteiger partial charge in [0.2, 0.25) is 5.91 Å². The van der Waals surface area contributed by atoms with Gasteiger partial charge in [-0.15, -0.1) is 0 Å². The SMILES string of the molecule is CCN1CC2(CCN(c3ccnc(C(=O)O)c3)CC2)CC1=O. The van der Waals surface area contributed by atoms with E-state index in [1.165, 1.54) is 0 Å². The zero-order valence-corrected chi connectivity index (χ0v) is 12.8. The third-order valence-electron chi connectivity index (χ3n) is 4.94. The van der Waals surface area contributed by atoms with Gasteiger partial charge < -0.3 is 14.9 Å². The van der Waals surface area contributed by atoms with Crippen LogP contribution in [0.3, 0.4) is 0 Å². The summed E-state index contributed by atoms with van der Waals surface area (Å²) in [5.41, 5.74) is 1.09. The van der Waals surface area contributed by atoms with Gasteiger partial charge in [-0.25, -0.2) is 9.78 Å². The second kappa shape index (κ2) is 5.59. The molecular formula is C16H21N3O3. The zero-order chi connectivity index (χ0) is 15.7. The summed E-state index contributed by atoms with van der Waals surface area (Å²) >= 11 is 0. The molecule has 0 unspecified atom stereocenters. The Labute approximate surface area is 129 Å². The second-order valence-corrected chi connectivity index (χ2v) is 6.28. The Hall–Kier alpha value is -2.11. The van der Waals surface area contributed by atoms with Crippen molar-refractivity contribution in [2.75, 3.05) is 31.1 Å². The van der Waals surface area contributed by atoms with Crippen LogP contribution in [0.4, 0.5) is 5.69 Å². The predicted molar refractivity (Wildman–Crippen MR) is 81.9 cm³/mol. The van der Waals surface area contributed by atoms with Crippen molar-refractivity contribution in [3.8, 4) is 0 Å². The van der Waals surface area contributed by atoms with Crippen molar-refractivity contribution in [3.63, 3.8) is 0 Å². The van der Waals surface area contributed by atoms with Crippen LogP contribution in [-0.2, 0) is 4.79 Å². The van der Waals surface area contributed by atoms with Gasteiger partial charge in [0.25, 0.3) is 0 Å². The number of rotatable bonds is 3. The molecule has 0 saturated carbocycles. The van der Waals surface area contributed by atoms with Crippen LogP contribution in [0.1, 0.15) is 36.7 Å². The Balaban J connectivity index is 1.68. The third kappa shape index (κ3) is 2.65. The third-order valence-corrected chi connectivity index (χ3v) is 4.94. The molecule has 22 heavy (non-hydrogen) atoms. The van der Waals surface area contributed by atoms with Crippen LogP contribution < -0.4 is 4.90 Å². The number of amides is 1. The van der Waals surface area contributed by atoms with Crippen LogP contribution in [0.25, 0.3) is 0 Å². The standard InChI is InChI=1S/C16H21N3O3/c1-2-18-11-16(10-14(18)20)4-7-19(8-5-16)12-3-6-17-13(9-12)15(21)22/h3,6,9H,2,4-5,7-8,10-11H2,1H3,(H,21,22). The molecule has 1 aromatic heterocycles. The summed E-state index contributed by atoms with van der Waals surface area (Å²) < 4.78 is 0. The molecule has 1 aromatic rings. The second-order valence-electron chi connectivity index (χ2n) is 6.28. The normalized spacial score (nSPS) is 20.7. The van der Waals surface area contributed by atoms with E-state index in [1.807, 2.05) is 17.9 Å². The summed E-state index contributed by atoms with van der Waals surface area (Å²) in [6, 6.07) is 3.47. The summed E-state index contributed by atoms with van der Waals surface area (Å²) in [7, 11) is 0. The quantitative estimate of drug-likeness (QED) is 0.918. The maximum atomic E-state index is 12.0. The lowest BCUT2D eigenvalue weighted by molar-refractivity contribution is -0.127. The Kier molecular flexibility index (Phi) is 3.76. The molecule has 3 rings (SSSR count). The topological polar surface area (TPSA) is 73.7 Å². The molecule has 0 atom stereocenters. The lowest BCUT2D eigenvalue weighted by Crippen LogP contribution is -2.41. The number of carboxylic acid groups (broad SMARTS) is 1. The number of hydrogen-bond acceptors (Lipinski definition) is 4. The molecule has 2 aliphatic heterocycles. The van der Waals surface area contributed by atoms with Gasteiger partial charge in [0, 0.05) is 49.9 Å². The molecule has 2 saturated heterocycles. The van der Waals surface area contributed by atoms with Gasteiger partial charge >= 0.3 is 5.97 Å². The molecule has 1 N–H and O–H groups in total. The van der Waals surface area contributed by atoms with Crippen LogP contribution in [0, 0.1) is 5.41 Å². The number of nitrogens with zero attached hydrogens (tertiary/aromatic N) is 3. The van der Waals surface area contributed by atoms with E-state index in [2.05, 4.69) is 9.88 Å². The van der Waals surface area contributed by atoms with Crippen LogP contribution in [-0.4, -0.2) is 53.0 Å². The van der Waals surface area contributed by atoms with E-state index >= 15 is 0 Å². The molecule has 6 heteroatoms. The number of carbonyl (C=O) groups excluding carboxylic acids is 1. The summed E-state index contributed by atoms with van der Waals surface area (Å²) in [5.74, 6) is -0.733. The molecule has 0 radical (unpaired) electrons. The van der Waals surface area contributed by atoms with Crippen molar-refractivity contribution in [1.29, 1.82) is 0 Å². The molecule has 2 fully saturated rings. The summed E-state index contributed by atoms with van der Waals surface area (Å²) in [6.07, 6.45) is 4.15. The number of pyridine rings is 1. The lowest BCUT2D eigenvalue weighted by Gasteiger charge is -2.39. The molecule has 6 nitrogen and oxygen atoms in total. The minimum Gasteiger partial charge on any atom is -0.477 e. The number of carboxylic acids is 1. The van der Waals surface area contributed by atoms with Gasteiger partial charge in [0.1, 0.15) is 5.69 Å². The van der Waals surface area contributed by atoms with Gasteiger partial charge in [-0.2, -0.15) is 0 Å². The molecule has 1 spiro atoms. The van der Waals surface area contributed by atoms with Crippen molar-refractivity contribution < 1.29 is 14.7 Å². The number of aromatic nitrogens is 1. The highest BCUT2D eigenvalue weighted by atomic mass is 16.4. The Morgan fingerprint density at radius 1 is 1.41 bits per heavy atom. The van der Waals surface area contributed by atoms with Crippen LogP contribution in [0.15, 0.2) is 18.3 Å². The van der Waals surface area contributed by atoms with Gasteiger partial charge in [-0.3, -0.25) is 4.79 Å². The molecule has 118 valence electrons. The zero-order valence-electron chi connectivity index (χ0n) is 12.8. The average Bonchev–Trinajstić information content (AvgIpc) is 2.83. The van der Waals surface area contributed by atoms with E-state index in [4.69, 9.17) is 5.11 Å². The smallest absolute Gasteiger partial charge is 0.354 e. The minimum atomic E-state index is -1.00. The number of anilines is 1. The first-order valence-electron chi connectivity index (χ1n) is 7.75. The molecule has 1 amide bonds. The van der Waals surface area contributed by atoms with E-state index in [-0.39, 0.29) is 17.0 Å². The largest absolute Gasteiger partial charge is 0.477 e. The number of likely N-dealkylation sites (tertiary alicyclic amines) is 1. The van der Waals surface area contributed by atoms with Gasteiger partial charge in [-0.1, -0.05) is 0 Å². The Morgan fingerprint density at radius 2 is 2.14 bits per heavy atom. The van der Waals surface area contributed by atoms with Crippen LogP contribution in [0.5, 0.6) is 0 Å². The number of aromatic carboxylic acids is 1. The minimum absolute atomic E-state index is 0.0750. The number of hydrogen-bond donors (Lipinski definition) is 1. The van der Waals surface area contributed by atoms with Gasteiger partial charge in [0.05, 0.1) is 0 Å². The molecule has 3 heterocycles. The first kappa shape index (κ1) is 14.8. The molecule has 0 aliphatic carbocycles. The fraction of sp³-hybridized carbons (Fsp3) is 0.562.